The Morgan fingerprint density at radius 2 is 0.731 bits per heavy atom. The van der Waals surface area contributed by atoms with Gasteiger partial charge in [0, 0.05) is 10.8 Å². The molecule has 8 aromatic rings. The van der Waals surface area contributed by atoms with Crippen molar-refractivity contribution in [2.24, 2.45) is 0 Å². The molecule has 0 nitrogen and oxygen atoms in total. The molecule has 0 N–H and O–H groups in total. The maximum absolute atomic E-state index is 2.49. The minimum Gasteiger partial charge on any atom is -0.0619 e. The molecule has 10 rings (SSSR count). The molecule has 0 fully saturated rings. The molecule has 0 spiro atoms. The molecule has 52 heavy (non-hydrogen) atoms. The molecule has 0 aromatic heterocycles. The lowest BCUT2D eigenvalue weighted by Crippen LogP contribution is -2.14. The highest BCUT2D eigenvalue weighted by Crippen LogP contribution is 2.53. The van der Waals surface area contributed by atoms with Gasteiger partial charge in [-0.2, -0.15) is 0 Å². The van der Waals surface area contributed by atoms with Gasteiger partial charge in [-0.15, -0.1) is 0 Å². The standard InChI is InChI=1S/C52H42/c1-31-25-32(2)27-36(26-31)50-42-16-8-7-15-41(42)49(35-21-23-40-38-14-10-12-18-46(38)52(5,6)48(40)30-35)44-28-33(20-24-43(44)50)34-19-22-39-37-13-9-11-17-45(37)51(3,4)47(39)29-34/h7-30H,1-6H3. The van der Waals surface area contributed by atoms with Gasteiger partial charge in [0.05, 0.1) is 0 Å². The number of aryl methyl sites for hydroxylation is 2. The van der Waals surface area contributed by atoms with E-state index in [0.29, 0.717) is 0 Å². The van der Waals surface area contributed by atoms with Gasteiger partial charge in [-0.1, -0.05) is 166 Å². The minimum atomic E-state index is -0.0769. The summed E-state index contributed by atoms with van der Waals surface area (Å²) >= 11 is 0. The molecule has 2 aliphatic carbocycles. The third kappa shape index (κ3) is 4.34. The van der Waals surface area contributed by atoms with Crippen LogP contribution < -0.4 is 0 Å². The van der Waals surface area contributed by atoms with E-state index in [4.69, 9.17) is 0 Å². The van der Waals surface area contributed by atoms with E-state index >= 15 is 0 Å². The Morgan fingerprint density at radius 3 is 1.33 bits per heavy atom. The van der Waals surface area contributed by atoms with Crippen molar-refractivity contribution in [1.29, 1.82) is 0 Å². The monoisotopic (exact) mass is 666 g/mol. The number of benzene rings is 8. The first-order valence-corrected chi connectivity index (χ1v) is 18.7. The predicted octanol–water partition coefficient (Wildman–Crippen LogP) is 14.2. The molecule has 8 aromatic carbocycles. The lowest BCUT2D eigenvalue weighted by molar-refractivity contribution is 0.660. The van der Waals surface area contributed by atoms with E-state index in [-0.39, 0.29) is 10.8 Å². The number of fused-ring (bicyclic) bond motifs is 8. The first kappa shape index (κ1) is 31.1. The maximum atomic E-state index is 2.49. The second kappa shape index (κ2) is 10.9. The summed E-state index contributed by atoms with van der Waals surface area (Å²) in [6.07, 6.45) is 0. The Balaban J connectivity index is 1.26. The van der Waals surface area contributed by atoms with Crippen molar-refractivity contribution >= 4 is 21.5 Å². The first-order chi connectivity index (χ1) is 25.1. The molecular formula is C52H42. The van der Waals surface area contributed by atoms with Crippen LogP contribution in [0.25, 0.3) is 77.2 Å². The normalized spacial score (nSPS) is 14.7. The minimum absolute atomic E-state index is 0.0505. The van der Waals surface area contributed by atoms with Crippen LogP contribution >= 0.6 is 0 Å². The number of hydrogen-bond donors (Lipinski definition) is 0. The Bertz CT molecular complexity index is 2780. The van der Waals surface area contributed by atoms with Gasteiger partial charge < -0.3 is 0 Å². The molecule has 0 unspecified atom stereocenters. The van der Waals surface area contributed by atoms with Gasteiger partial charge in [-0.3, -0.25) is 0 Å². The zero-order chi connectivity index (χ0) is 35.5. The summed E-state index contributed by atoms with van der Waals surface area (Å²) in [7, 11) is 0. The Labute approximate surface area is 307 Å². The van der Waals surface area contributed by atoms with E-state index in [2.05, 4.69) is 187 Å². The van der Waals surface area contributed by atoms with Gasteiger partial charge in [0.1, 0.15) is 0 Å². The van der Waals surface area contributed by atoms with Crippen LogP contribution in [0.15, 0.2) is 146 Å². The summed E-state index contributed by atoms with van der Waals surface area (Å²) < 4.78 is 0. The van der Waals surface area contributed by atoms with Gasteiger partial charge in [0.25, 0.3) is 0 Å². The molecule has 250 valence electrons. The molecule has 0 aliphatic heterocycles. The van der Waals surface area contributed by atoms with Crippen LogP contribution in [0.4, 0.5) is 0 Å². The summed E-state index contributed by atoms with van der Waals surface area (Å²) in [4.78, 5) is 0. The highest BCUT2D eigenvalue weighted by molar-refractivity contribution is 6.22. The zero-order valence-electron chi connectivity index (χ0n) is 30.9. The summed E-state index contributed by atoms with van der Waals surface area (Å²) in [6, 6.07) is 55.5. The topological polar surface area (TPSA) is 0 Å². The predicted molar refractivity (Wildman–Crippen MR) is 222 cm³/mol. The summed E-state index contributed by atoms with van der Waals surface area (Å²) in [6.45, 7) is 13.9. The fourth-order valence-corrected chi connectivity index (χ4v) is 9.84. The third-order valence-corrected chi connectivity index (χ3v) is 12.3. The van der Waals surface area contributed by atoms with Crippen LogP contribution in [-0.4, -0.2) is 0 Å². The van der Waals surface area contributed by atoms with Crippen molar-refractivity contribution in [2.75, 3.05) is 0 Å². The van der Waals surface area contributed by atoms with Gasteiger partial charge in [-0.05, 0) is 131 Å². The van der Waals surface area contributed by atoms with Crippen molar-refractivity contribution < 1.29 is 0 Å². The van der Waals surface area contributed by atoms with Crippen LogP contribution in [-0.2, 0) is 10.8 Å². The Kier molecular flexibility index (Phi) is 6.50. The van der Waals surface area contributed by atoms with Gasteiger partial charge in [0.2, 0.25) is 0 Å². The van der Waals surface area contributed by atoms with E-state index in [0.717, 1.165) is 0 Å². The third-order valence-electron chi connectivity index (χ3n) is 12.3. The van der Waals surface area contributed by atoms with Crippen LogP contribution in [0.5, 0.6) is 0 Å². The molecule has 0 heteroatoms. The van der Waals surface area contributed by atoms with Crippen LogP contribution in [0.1, 0.15) is 61.1 Å². The fraction of sp³-hybridized carbons (Fsp3) is 0.154. The second-order valence-electron chi connectivity index (χ2n) is 16.3. The molecular weight excluding hydrogens is 625 g/mol. The smallest absolute Gasteiger partial charge is 0.0159 e. The molecule has 0 bridgehead atoms. The lowest BCUT2D eigenvalue weighted by Gasteiger charge is -2.23. The fourth-order valence-electron chi connectivity index (χ4n) is 9.84. The molecule has 0 amide bonds. The van der Waals surface area contributed by atoms with E-state index < -0.39 is 0 Å². The molecule has 0 atom stereocenters. The quantitative estimate of drug-likeness (QED) is 0.165. The van der Waals surface area contributed by atoms with Gasteiger partial charge in [0.15, 0.2) is 0 Å². The molecule has 0 radical (unpaired) electrons. The van der Waals surface area contributed by atoms with Gasteiger partial charge >= 0.3 is 0 Å². The van der Waals surface area contributed by atoms with E-state index in [1.807, 2.05) is 0 Å². The Hall–Kier alpha value is -5.72. The van der Waals surface area contributed by atoms with Crippen LogP contribution in [0.2, 0.25) is 0 Å². The van der Waals surface area contributed by atoms with Crippen molar-refractivity contribution in [3.63, 3.8) is 0 Å². The SMILES string of the molecule is Cc1cc(C)cc(-c2c3ccccc3c(-c3ccc4c(c3)C(C)(C)c3ccccc3-4)c3cc(-c4ccc5c(c4)C(C)(C)c4ccccc4-5)ccc23)c1. The van der Waals surface area contributed by atoms with Crippen molar-refractivity contribution in [1.82, 2.24) is 0 Å². The molecule has 0 saturated heterocycles. The van der Waals surface area contributed by atoms with E-state index in [1.165, 1.54) is 111 Å². The largest absolute Gasteiger partial charge is 0.0619 e. The summed E-state index contributed by atoms with van der Waals surface area (Å²) in [5.41, 5.74) is 21.2. The maximum Gasteiger partial charge on any atom is 0.0159 e. The van der Waals surface area contributed by atoms with Crippen LogP contribution in [0, 0.1) is 13.8 Å². The molecule has 2 aliphatic rings. The Morgan fingerprint density at radius 1 is 0.308 bits per heavy atom. The average molecular weight is 667 g/mol. The number of hydrogen-bond acceptors (Lipinski definition) is 0. The van der Waals surface area contributed by atoms with E-state index in [1.54, 1.807) is 0 Å². The highest BCUT2D eigenvalue weighted by atomic mass is 14.4. The van der Waals surface area contributed by atoms with Crippen molar-refractivity contribution in [3.8, 4) is 55.6 Å². The second-order valence-corrected chi connectivity index (χ2v) is 16.3. The summed E-state index contributed by atoms with van der Waals surface area (Å²) in [5, 5.41) is 5.17. The van der Waals surface area contributed by atoms with Crippen LogP contribution in [0.3, 0.4) is 0 Å². The van der Waals surface area contributed by atoms with Crippen molar-refractivity contribution in [3.05, 3.63) is 179 Å². The highest BCUT2D eigenvalue weighted by Gasteiger charge is 2.36. The van der Waals surface area contributed by atoms with Gasteiger partial charge in [-0.25, -0.2) is 0 Å². The lowest BCUT2D eigenvalue weighted by atomic mass is 9.80. The van der Waals surface area contributed by atoms with Crippen molar-refractivity contribution in [2.45, 2.75) is 52.4 Å². The number of rotatable bonds is 3. The zero-order valence-corrected chi connectivity index (χ0v) is 30.9. The first-order valence-electron chi connectivity index (χ1n) is 18.7. The average Bonchev–Trinajstić information content (AvgIpc) is 3.52. The molecule has 0 saturated carbocycles. The molecule has 0 heterocycles. The van der Waals surface area contributed by atoms with E-state index in [9.17, 15) is 0 Å². The summed E-state index contributed by atoms with van der Waals surface area (Å²) in [5.74, 6) is 0.